The van der Waals surface area contributed by atoms with Crippen LogP contribution in [-0.4, -0.2) is 22.7 Å². The average molecular weight is 305 g/mol. The van der Waals surface area contributed by atoms with Crippen molar-refractivity contribution >= 4 is 27.7 Å². The number of aliphatic hydroxyl groups excluding tert-OH is 1. The van der Waals surface area contributed by atoms with Gasteiger partial charge in [0.2, 0.25) is 0 Å². The Kier molecular flexibility index (Phi) is 4.27. The summed E-state index contributed by atoms with van der Waals surface area (Å²) in [6, 6.07) is 4.93. The van der Waals surface area contributed by atoms with Gasteiger partial charge in [0, 0.05) is 0 Å². The molecule has 2 atom stereocenters. The molecule has 1 aliphatic rings. The molecule has 1 N–H and O–H groups in total. The van der Waals surface area contributed by atoms with Gasteiger partial charge in [0.05, 0.1) is 10.6 Å². The molecular weight excluding hydrogens is 291 g/mol. The Hall–Kier alpha value is -0.0600. The van der Waals surface area contributed by atoms with Crippen LogP contribution in [-0.2, 0) is 6.42 Å². The van der Waals surface area contributed by atoms with E-state index in [1.54, 1.807) is 12.1 Å². The number of halogens is 2. The summed E-state index contributed by atoms with van der Waals surface area (Å²) in [5, 5.41) is 10.0. The molecule has 1 fully saturated rings. The molecule has 4 heteroatoms. The van der Waals surface area contributed by atoms with Crippen molar-refractivity contribution in [3.63, 3.8) is 0 Å². The van der Waals surface area contributed by atoms with Gasteiger partial charge >= 0.3 is 0 Å². The first-order valence-corrected chi connectivity index (χ1v) is 7.31. The van der Waals surface area contributed by atoms with E-state index in [2.05, 4.69) is 15.9 Å². The molecule has 1 aromatic rings. The molecule has 1 saturated heterocycles. The van der Waals surface area contributed by atoms with Crippen molar-refractivity contribution in [3.8, 4) is 0 Å². The number of rotatable bonds is 3. The van der Waals surface area contributed by atoms with Gasteiger partial charge in [-0.2, -0.15) is 11.8 Å². The van der Waals surface area contributed by atoms with E-state index in [1.165, 1.54) is 6.07 Å². The summed E-state index contributed by atoms with van der Waals surface area (Å²) in [6.45, 7) is 0. The molecule has 1 nitrogen and oxygen atoms in total. The highest BCUT2D eigenvalue weighted by Crippen LogP contribution is 2.28. The van der Waals surface area contributed by atoms with Gasteiger partial charge in [-0.3, -0.25) is 0 Å². The largest absolute Gasteiger partial charge is 0.392 e. The first kappa shape index (κ1) is 12.4. The van der Waals surface area contributed by atoms with Crippen LogP contribution < -0.4 is 0 Å². The SMILES string of the molecule is OC(Cc1ccc(F)c(Br)c1)C1CCSC1. The third-order valence-electron chi connectivity index (χ3n) is 2.94. The number of aliphatic hydroxyl groups is 1. The lowest BCUT2D eigenvalue weighted by atomic mass is 9.96. The molecule has 1 aromatic carbocycles. The fraction of sp³-hybridized carbons (Fsp3) is 0.500. The van der Waals surface area contributed by atoms with Crippen LogP contribution in [0.2, 0.25) is 0 Å². The van der Waals surface area contributed by atoms with Crippen molar-refractivity contribution in [1.29, 1.82) is 0 Å². The third-order valence-corrected chi connectivity index (χ3v) is 4.73. The predicted octanol–water partition coefficient (Wildman–Crippen LogP) is 3.24. The van der Waals surface area contributed by atoms with E-state index in [4.69, 9.17) is 0 Å². The van der Waals surface area contributed by atoms with Crippen molar-refractivity contribution < 1.29 is 9.50 Å². The zero-order chi connectivity index (χ0) is 11.5. The normalized spacial score (nSPS) is 22.3. The van der Waals surface area contributed by atoms with E-state index in [0.717, 1.165) is 23.5 Å². The van der Waals surface area contributed by atoms with Crippen molar-refractivity contribution in [2.45, 2.75) is 18.9 Å². The zero-order valence-corrected chi connectivity index (χ0v) is 11.2. The molecule has 0 aromatic heterocycles. The van der Waals surface area contributed by atoms with Crippen LogP contribution in [0.4, 0.5) is 4.39 Å². The Morgan fingerprint density at radius 1 is 1.56 bits per heavy atom. The summed E-state index contributed by atoms with van der Waals surface area (Å²) in [5.74, 6) is 2.33. The minimum absolute atomic E-state index is 0.255. The monoisotopic (exact) mass is 304 g/mol. The minimum Gasteiger partial charge on any atom is -0.392 e. The van der Waals surface area contributed by atoms with E-state index in [-0.39, 0.29) is 11.9 Å². The number of hydrogen-bond acceptors (Lipinski definition) is 2. The van der Waals surface area contributed by atoms with Crippen LogP contribution in [0.5, 0.6) is 0 Å². The number of thioether (sulfide) groups is 1. The van der Waals surface area contributed by atoms with Crippen LogP contribution in [0, 0.1) is 11.7 Å². The Labute approximate surface area is 108 Å². The lowest BCUT2D eigenvalue weighted by molar-refractivity contribution is 0.120. The molecule has 0 radical (unpaired) electrons. The lowest BCUT2D eigenvalue weighted by Gasteiger charge is -2.17. The molecule has 1 aliphatic heterocycles. The van der Waals surface area contributed by atoms with Gasteiger partial charge in [-0.1, -0.05) is 6.07 Å². The highest BCUT2D eigenvalue weighted by atomic mass is 79.9. The molecule has 2 rings (SSSR count). The third kappa shape index (κ3) is 2.99. The second-order valence-corrected chi connectivity index (χ2v) is 6.15. The summed E-state index contributed by atoms with van der Waals surface area (Å²) < 4.78 is 13.5. The van der Waals surface area contributed by atoms with Crippen LogP contribution >= 0.6 is 27.7 Å². The Balaban J connectivity index is 1.99. The first-order chi connectivity index (χ1) is 7.66. The molecule has 88 valence electrons. The Bertz CT molecular complexity index is 366. The second-order valence-electron chi connectivity index (χ2n) is 4.14. The van der Waals surface area contributed by atoms with Gasteiger partial charge in [-0.25, -0.2) is 4.39 Å². The summed E-state index contributed by atoms with van der Waals surface area (Å²) in [4.78, 5) is 0. The molecule has 16 heavy (non-hydrogen) atoms. The smallest absolute Gasteiger partial charge is 0.137 e. The summed E-state index contributed by atoms with van der Waals surface area (Å²) in [7, 11) is 0. The predicted molar refractivity (Wildman–Crippen MR) is 69.2 cm³/mol. The quantitative estimate of drug-likeness (QED) is 0.925. The van der Waals surface area contributed by atoms with E-state index in [0.29, 0.717) is 16.8 Å². The Morgan fingerprint density at radius 3 is 3.00 bits per heavy atom. The number of hydrogen-bond donors (Lipinski definition) is 1. The second kappa shape index (κ2) is 5.52. The molecule has 0 spiro atoms. The van der Waals surface area contributed by atoms with Crippen molar-refractivity contribution in [2.24, 2.45) is 5.92 Å². The van der Waals surface area contributed by atoms with Gasteiger partial charge in [0.1, 0.15) is 5.82 Å². The number of benzene rings is 1. The molecule has 2 unspecified atom stereocenters. The standard InChI is InChI=1S/C12H14BrFOS/c13-10-5-8(1-2-11(10)14)6-12(15)9-3-4-16-7-9/h1-2,5,9,12,15H,3-4,6-7H2. The van der Waals surface area contributed by atoms with Gasteiger partial charge in [-0.15, -0.1) is 0 Å². The summed E-state index contributed by atoms with van der Waals surface area (Å²) in [5.41, 5.74) is 0.984. The van der Waals surface area contributed by atoms with Gasteiger partial charge in [0.15, 0.2) is 0 Å². The highest BCUT2D eigenvalue weighted by Gasteiger charge is 2.23. The molecule has 0 saturated carbocycles. The van der Waals surface area contributed by atoms with E-state index in [1.807, 2.05) is 11.8 Å². The summed E-state index contributed by atoms with van der Waals surface area (Å²) >= 11 is 5.06. The highest BCUT2D eigenvalue weighted by molar-refractivity contribution is 9.10. The van der Waals surface area contributed by atoms with Crippen LogP contribution in [0.3, 0.4) is 0 Å². The molecule has 0 bridgehead atoms. The van der Waals surface area contributed by atoms with Crippen molar-refractivity contribution in [1.82, 2.24) is 0 Å². The Morgan fingerprint density at radius 2 is 2.38 bits per heavy atom. The van der Waals surface area contributed by atoms with Crippen molar-refractivity contribution in [2.75, 3.05) is 11.5 Å². The fourth-order valence-electron chi connectivity index (χ4n) is 1.93. The van der Waals surface area contributed by atoms with E-state index < -0.39 is 0 Å². The maximum absolute atomic E-state index is 13.0. The van der Waals surface area contributed by atoms with E-state index >= 15 is 0 Å². The average Bonchev–Trinajstić information content (AvgIpc) is 2.77. The molecule has 0 amide bonds. The first-order valence-electron chi connectivity index (χ1n) is 5.36. The fourth-order valence-corrected chi connectivity index (χ4v) is 3.68. The summed E-state index contributed by atoms with van der Waals surface area (Å²) in [6.07, 6.45) is 1.41. The van der Waals surface area contributed by atoms with Crippen LogP contribution in [0.15, 0.2) is 22.7 Å². The lowest BCUT2D eigenvalue weighted by Crippen LogP contribution is -2.22. The van der Waals surface area contributed by atoms with Crippen LogP contribution in [0.25, 0.3) is 0 Å². The molecule has 1 heterocycles. The maximum atomic E-state index is 13.0. The van der Waals surface area contributed by atoms with Crippen LogP contribution in [0.1, 0.15) is 12.0 Å². The topological polar surface area (TPSA) is 20.2 Å². The molecular formula is C12H14BrFOS. The van der Waals surface area contributed by atoms with E-state index in [9.17, 15) is 9.50 Å². The minimum atomic E-state index is -0.299. The van der Waals surface area contributed by atoms with Gasteiger partial charge < -0.3 is 5.11 Å². The zero-order valence-electron chi connectivity index (χ0n) is 8.83. The van der Waals surface area contributed by atoms with Gasteiger partial charge in [-0.05, 0) is 63.9 Å². The van der Waals surface area contributed by atoms with Crippen molar-refractivity contribution in [3.05, 3.63) is 34.1 Å². The van der Waals surface area contributed by atoms with Gasteiger partial charge in [0.25, 0.3) is 0 Å². The molecule has 0 aliphatic carbocycles. The maximum Gasteiger partial charge on any atom is 0.137 e.